The fourth-order valence-electron chi connectivity index (χ4n) is 5.64. The molecule has 3 rings (SSSR count). The Hall–Kier alpha value is -1.16. The average Bonchev–Trinajstić information content (AvgIpc) is 2.77. The molecule has 0 saturated carbocycles. The molecule has 0 bridgehead atoms. The van der Waals surface area contributed by atoms with E-state index >= 15 is 0 Å². The molecule has 2 aromatic carbocycles. The Kier molecular flexibility index (Phi) is 9.82. The van der Waals surface area contributed by atoms with E-state index in [2.05, 4.69) is 63.3 Å². The summed E-state index contributed by atoms with van der Waals surface area (Å²) in [7, 11) is -1.46. The van der Waals surface area contributed by atoms with E-state index in [9.17, 15) is 0 Å². The zero-order valence-corrected chi connectivity index (χ0v) is 22.2. The van der Waals surface area contributed by atoms with E-state index in [0.29, 0.717) is 0 Å². The molecule has 0 amide bonds. The number of hydrogen-bond donors (Lipinski definition) is 1. The molecule has 32 heavy (non-hydrogen) atoms. The van der Waals surface area contributed by atoms with Gasteiger partial charge in [-0.25, -0.2) is 0 Å². The fraction of sp³-hybridized carbons (Fsp3) is 0.655. The van der Waals surface area contributed by atoms with Crippen molar-refractivity contribution < 1.29 is 4.43 Å². The van der Waals surface area contributed by atoms with E-state index in [1.807, 2.05) is 0 Å². The Balaban J connectivity index is 1.31. The Morgan fingerprint density at radius 3 is 2.41 bits per heavy atom. The topological polar surface area (TPSA) is 35.2 Å². The summed E-state index contributed by atoms with van der Waals surface area (Å²) in [6.07, 6.45) is 14.8. The van der Waals surface area contributed by atoms with Gasteiger partial charge in [0.05, 0.1) is 0 Å². The number of hydrogen-bond acceptors (Lipinski definition) is 2. The highest BCUT2D eigenvalue weighted by Gasteiger charge is 2.29. The molecule has 2 nitrogen and oxygen atoms in total. The predicted molar refractivity (Wildman–Crippen MR) is 143 cm³/mol. The lowest BCUT2D eigenvalue weighted by Gasteiger charge is -2.30. The second-order valence-corrected chi connectivity index (χ2v) is 15.2. The number of rotatable bonds is 13. The molecular formula is C29H47NOSi. The molecule has 3 atom stereocenters. The molecule has 0 aromatic heterocycles. The molecule has 0 fully saturated rings. The quantitative estimate of drug-likeness (QED) is 0.243. The zero-order valence-electron chi connectivity index (χ0n) is 21.2. The second kappa shape index (κ2) is 12.3. The lowest BCUT2D eigenvalue weighted by Crippen LogP contribution is -2.35. The smallest absolute Gasteiger partial charge is 0.189 e. The van der Waals surface area contributed by atoms with Crippen molar-refractivity contribution in [3.05, 3.63) is 47.5 Å². The van der Waals surface area contributed by atoms with Gasteiger partial charge in [-0.15, -0.1) is 0 Å². The molecule has 0 heterocycles. The van der Waals surface area contributed by atoms with Crippen molar-refractivity contribution in [2.45, 2.75) is 109 Å². The minimum atomic E-state index is -1.46. The monoisotopic (exact) mass is 453 g/mol. The van der Waals surface area contributed by atoms with E-state index in [0.717, 1.165) is 24.5 Å². The molecule has 3 unspecified atom stereocenters. The maximum atomic E-state index is 6.59. The number of nitrogens with two attached hydrogens (primary N) is 1. The van der Waals surface area contributed by atoms with Crippen molar-refractivity contribution in [1.82, 2.24) is 0 Å². The van der Waals surface area contributed by atoms with Crippen LogP contribution in [0.3, 0.4) is 0 Å². The summed E-state index contributed by atoms with van der Waals surface area (Å²) in [6.45, 7) is 10.2. The SMILES string of the molecule is CCO[Si](C)(C)C(C)CCCCCCCCCC1Cc2c(ccc3ccccc23)C(N)C1. The van der Waals surface area contributed by atoms with Gasteiger partial charge in [0.1, 0.15) is 0 Å². The Bertz CT molecular complexity index is 833. The molecule has 2 N–H and O–H groups in total. The predicted octanol–water partition coefficient (Wildman–Crippen LogP) is 8.54. The van der Waals surface area contributed by atoms with Crippen molar-refractivity contribution in [1.29, 1.82) is 0 Å². The van der Waals surface area contributed by atoms with Gasteiger partial charge in [0.15, 0.2) is 8.32 Å². The summed E-state index contributed by atoms with van der Waals surface area (Å²) in [6, 6.07) is 13.6. The van der Waals surface area contributed by atoms with Crippen LogP contribution in [0.25, 0.3) is 10.8 Å². The molecule has 0 saturated heterocycles. The summed E-state index contributed by atoms with van der Waals surface area (Å²) in [5, 5.41) is 2.78. The first-order valence-corrected chi connectivity index (χ1v) is 16.3. The van der Waals surface area contributed by atoms with Crippen LogP contribution in [0.15, 0.2) is 36.4 Å². The number of benzene rings is 2. The van der Waals surface area contributed by atoms with Crippen molar-refractivity contribution in [3.8, 4) is 0 Å². The maximum absolute atomic E-state index is 6.59. The first kappa shape index (κ1) is 25.5. The molecule has 0 spiro atoms. The highest BCUT2D eigenvalue weighted by atomic mass is 28.4. The van der Waals surface area contributed by atoms with Gasteiger partial charge in [-0.05, 0) is 66.2 Å². The van der Waals surface area contributed by atoms with Crippen LogP contribution in [-0.2, 0) is 10.8 Å². The van der Waals surface area contributed by atoms with E-state index in [1.54, 1.807) is 0 Å². The lowest BCUT2D eigenvalue weighted by atomic mass is 9.77. The summed E-state index contributed by atoms with van der Waals surface area (Å²) < 4.78 is 6.04. The molecule has 178 valence electrons. The fourth-order valence-corrected chi connectivity index (χ4v) is 7.56. The second-order valence-electron chi connectivity index (χ2n) is 10.8. The maximum Gasteiger partial charge on any atom is 0.189 e. The first-order valence-electron chi connectivity index (χ1n) is 13.3. The highest BCUT2D eigenvalue weighted by Crippen LogP contribution is 2.38. The van der Waals surface area contributed by atoms with Crippen LogP contribution in [-0.4, -0.2) is 14.9 Å². The van der Waals surface area contributed by atoms with Gasteiger partial charge >= 0.3 is 0 Å². The molecule has 0 aliphatic heterocycles. The Morgan fingerprint density at radius 1 is 0.969 bits per heavy atom. The molecule has 0 radical (unpaired) electrons. The third-order valence-corrected chi connectivity index (χ3v) is 11.7. The van der Waals surface area contributed by atoms with E-state index in [-0.39, 0.29) is 6.04 Å². The van der Waals surface area contributed by atoms with E-state index in [1.165, 1.54) is 86.1 Å². The van der Waals surface area contributed by atoms with Gasteiger partial charge in [-0.3, -0.25) is 0 Å². The summed E-state index contributed by atoms with van der Waals surface area (Å²) >= 11 is 0. The lowest BCUT2D eigenvalue weighted by molar-refractivity contribution is 0.318. The normalized spacial score (nSPS) is 19.8. The van der Waals surface area contributed by atoms with Crippen LogP contribution in [0.1, 0.15) is 95.2 Å². The largest absolute Gasteiger partial charge is 0.417 e. The van der Waals surface area contributed by atoms with Gasteiger partial charge in [0.2, 0.25) is 0 Å². The van der Waals surface area contributed by atoms with Crippen LogP contribution in [0.4, 0.5) is 0 Å². The molecule has 1 aliphatic rings. The van der Waals surface area contributed by atoms with Crippen LogP contribution < -0.4 is 5.73 Å². The zero-order chi connectivity index (χ0) is 23.0. The summed E-state index contributed by atoms with van der Waals surface area (Å²) in [4.78, 5) is 0. The van der Waals surface area contributed by atoms with E-state index in [4.69, 9.17) is 10.2 Å². The standard InChI is InChI=1S/C29H47NOSi/c1-5-31-32(3,4)23(2)15-11-9-7-6-8-10-12-16-24-21-28-26-18-14-13-17-25(26)19-20-27(28)29(30)22-24/h13-14,17-20,23-24,29H,5-12,15-16,21-22,30H2,1-4H3. The van der Waals surface area contributed by atoms with Gasteiger partial charge < -0.3 is 10.2 Å². The highest BCUT2D eigenvalue weighted by molar-refractivity contribution is 6.72. The minimum Gasteiger partial charge on any atom is -0.417 e. The van der Waals surface area contributed by atoms with Gasteiger partial charge in [-0.1, -0.05) is 101 Å². The van der Waals surface area contributed by atoms with Crippen molar-refractivity contribution in [3.63, 3.8) is 0 Å². The third kappa shape index (κ3) is 6.92. The third-order valence-electron chi connectivity index (χ3n) is 8.01. The molecule has 1 aliphatic carbocycles. The van der Waals surface area contributed by atoms with Crippen molar-refractivity contribution in [2.75, 3.05) is 6.61 Å². The number of fused-ring (bicyclic) bond motifs is 3. The first-order chi connectivity index (χ1) is 15.4. The van der Waals surface area contributed by atoms with Gasteiger partial charge in [0.25, 0.3) is 0 Å². The van der Waals surface area contributed by atoms with Crippen LogP contribution in [0.2, 0.25) is 18.6 Å². The van der Waals surface area contributed by atoms with Gasteiger partial charge in [-0.2, -0.15) is 0 Å². The van der Waals surface area contributed by atoms with Gasteiger partial charge in [0, 0.05) is 12.6 Å². The average molecular weight is 454 g/mol. The van der Waals surface area contributed by atoms with Crippen LogP contribution >= 0.6 is 0 Å². The molecule has 2 aromatic rings. The Labute approximate surface area is 198 Å². The molecule has 3 heteroatoms. The van der Waals surface area contributed by atoms with Crippen molar-refractivity contribution in [2.24, 2.45) is 11.7 Å². The Morgan fingerprint density at radius 2 is 1.66 bits per heavy atom. The van der Waals surface area contributed by atoms with Crippen molar-refractivity contribution >= 4 is 19.1 Å². The number of unbranched alkanes of at least 4 members (excludes halogenated alkanes) is 6. The summed E-state index contributed by atoms with van der Waals surface area (Å²) in [5.74, 6) is 0.752. The van der Waals surface area contributed by atoms with Crippen LogP contribution in [0.5, 0.6) is 0 Å². The summed E-state index contributed by atoms with van der Waals surface area (Å²) in [5.41, 5.74) is 10.3. The van der Waals surface area contributed by atoms with Crippen LogP contribution in [0, 0.1) is 5.92 Å². The van der Waals surface area contributed by atoms with E-state index < -0.39 is 8.32 Å². The minimum absolute atomic E-state index is 0.214. The molecular weight excluding hydrogens is 406 g/mol.